The van der Waals surface area contributed by atoms with Crippen molar-refractivity contribution in [1.29, 1.82) is 0 Å². The molecule has 0 radical (unpaired) electrons. The normalized spacial score (nSPS) is 11.1. The number of carbonyl (C=O) groups excluding carboxylic acids is 1. The van der Waals surface area contributed by atoms with Gasteiger partial charge in [0.15, 0.2) is 0 Å². The Bertz CT molecular complexity index is 365. The van der Waals surface area contributed by atoms with Gasteiger partial charge in [0.2, 0.25) is 5.30 Å². The van der Waals surface area contributed by atoms with Crippen LogP contribution in [0.25, 0.3) is 0 Å². The highest BCUT2D eigenvalue weighted by Crippen LogP contribution is 2.21. The lowest BCUT2D eigenvalue weighted by Crippen LogP contribution is -2.01. The molecule has 1 atom stereocenters. The molecular formula is C9H9ClO3P+. The van der Waals surface area contributed by atoms with Crippen LogP contribution < -0.4 is 5.30 Å². The van der Waals surface area contributed by atoms with Gasteiger partial charge in [-0.3, -0.25) is 4.79 Å². The summed E-state index contributed by atoms with van der Waals surface area (Å²) in [6, 6.07) is 6.30. The molecule has 0 aliphatic carbocycles. The number of carbonyl (C=O) groups is 1. The lowest BCUT2D eigenvalue weighted by atomic mass is 10.2. The van der Waals surface area contributed by atoms with Gasteiger partial charge in [0.25, 0.3) is 5.24 Å². The van der Waals surface area contributed by atoms with E-state index in [4.69, 9.17) is 16.1 Å². The molecule has 14 heavy (non-hydrogen) atoms. The molecule has 1 rings (SSSR count). The molecule has 0 fully saturated rings. The number of hydrogen-bond donors (Lipinski definition) is 0. The van der Waals surface area contributed by atoms with Crippen LogP contribution in [0.3, 0.4) is 0 Å². The number of hydrogen-bond acceptors (Lipinski definition) is 3. The third-order valence-electron chi connectivity index (χ3n) is 1.53. The zero-order valence-electron chi connectivity index (χ0n) is 7.57. The predicted molar refractivity (Wildman–Crippen MR) is 55.5 cm³/mol. The van der Waals surface area contributed by atoms with Crippen molar-refractivity contribution in [2.45, 2.75) is 6.92 Å². The van der Waals surface area contributed by atoms with Crippen LogP contribution in [-0.2, 0) is 9.09 Å². The van der Waals surface area contributed by atoms with E-state index in [9.17, 15) is 9.36 Å². The summed E-state index contributed by atoms with van der Waals surface area (Å²) in [5.74, 6) is 0. The van der Waals surface area contributed by atoms with E-state index in [0.29, 0.717) is 17.5 Å². The van der Waals surface area contributed by atoms with Crippen molar-refractivity contribution in [3.05, 3.63) is 29.8 Å². The molecule has 0 heterocycles. The van der Waals surface area contributed by atoms with E-state index < -0.39 is 13.3 Å². The summed E-state index contributed by atoms with van der Waals surface area (Å²) in [4.78, 5) is 10.8. The molecule has 0 saturated heterocycles. The molecule has 0 aliphatic heterocycles. The van der Waals surface area contributed by atoms with Crippen LogP contribution in [0.4, 0.5) is 0 Å². The Morgan fingerprint density at radius 3 is 2.86 bits per heavy atom. The summed E-state index contributed by atoms with van der Waals surface area (Å²) in [7, 11) is -1.88. The summed E-state index contributed by atoms with van der Waals surface area (Å²) < 4.78 is 16.3. The Labute approximate surface area is 87.9 Å². The van der Waals surface area contributed by atoms with E-state index in [1.165, 1.54) is 6.07 Å². The van der Waals surface area contributed by atoms with Crippen molar-refractivity contribution in [2.75, 3.05) is 6.61 Å². The van der Waals surface area contributed by atoms with E-state index in [2.05, 4.69) is 0 Å². The lowest BCUT2D eigenvalue weighted by molar-refractivity contribution is 0.108. The SMILES string of the molecule is CCO[P+](=O)c1cccc(C(=O)Cl)c1. The summed E-state index contributed by atoms with van der Waals surface area (Å²) in [5.41, 5.74) is 0.326. The van der Waals surface area contributed by atoms with Crippen molar-refractivity contribution < 1.29 is 13.9 Å². The van der Waals surface area contributed by atoms with Crippen molar-refractivity contribution in [2.24, 2.45) is 0 Å². The molecule has 0 spiro atoms. The lowest BCUT2D eigenvalue weighted by Gasteiger charge is -1.91. The van der Waals surface area contributed by atoms with Crippen molar-refractivity contribution in [3.8, 4) is 0 Å². The van der Waals surface area contributed by atoms with Crippen LogP contribution in [0.15, 0.2) is 24.3 Å². The Morgan fingerprint density at radius 1 is 1.57 bits per heavy atom. The Hall–Kier alpha value is -0.760. The summed E-state index contributed by atoms with van der Waals surface area (Å²) in [5, 5.41) is -0.0832. The van der Waals surface area contributed by atoms with E-state index in [0.717, 1.165) is 0 Å². The van der Waals surface area contributed by atoms with Gasteiger partial charge in [-0.1, -0.05) is 6.07 Å². The fourth-order valence-electron chi connectivity index (χ4n) is 0.934. The number of rotatable bonds is 4. The zero-order chi connectivity index (χ0) is 10.6. The van der Waals surface area contributed by atoms with E-state index >= 15 is 0 Å². The molecule has 0 saturated carbocycles. The molecule has 3 nitrogen and oxygen atoms in total. The molecule has 0 bridgehead atoms. The van der Waals surface area contributed by atoms with Crippen molar-refractivity contribution in [3.63, 3.8) is 0 Å². The van der Waals surface area contributed by atoms with Gasteiger partial charge in [0.1, 0.15) is 6.61 Å². The predicted octanol–water partition coefficient (Wildman–Crippen LogP) is 2.47. The van der Waals surface area contributed by atoms with E-state index in [-0.39, 0.29) is 0 Å². The number of benzene rings is 1. The summed E-state index contributed by atoms with van der Waals surface area (Å²) in [6.45, 7) is 2.12. The second-order valence-corrected chi connectivity index (χ2v) is 4.13. The largest absolute Gasteiger partial charge is 0.548 e. The second kappa shape index (κ2) is 5.20. The third-order valence-corrected chi connectivity index (χ3v) is 2.94. The first-order chi connectivity index (χ1) is 6.65. The summed E-state index contributed by atoms with van der Waals surface area (Å²) in [6.07, 6.45) is 0. The van der Waals surface area contributed by atoms with Gasteiger partial charge in [-0.25, -0.2) is 0 Å². The highest BCUT2D eigenvalue weighted by atomic mass is 35.5. The first kappa shape index (κ1) is 11.3. The molecule has 5 heteroatoms. The van der Waals surface area contributed by atoms with Crippen molar-refractivity contribution >= 4 is 30.2 Å². The average molecular weight is 232 g/mol. The molecular weight excluding hydrogens is 223 g/mol. The van der Waals surface area contributed by atoms with E-state index in [1.807, 2.05) is 0 Å². The smallest absolute Gasteiger partial charge is 0.276 e. The molecule has 0 amide bonds. The fourth-order valence-corrected chi connectivity index (χ4v) is 1.89. The van der Waals surface area contributed by atoms with Gasteiger partial charge in [-0.2, -0.15) is 0 Å². The quantitative estimate of drug-likeness (QED) is 0.591. The minimum Gasteiger partial charge on any atom is -0.276 e. The molecule has 74 valence electrons. The maximum atomic E-state index is 11.4. The molecule has 1 aromatic rings. The van der Waals surface area contributed by atoms with Crippen molar-refractivity contribution in [1.82, 2.24) is 0 Å². The molecule has 1 aromatic carbocycles. The van der Waals surface area contributed by atoms with Gasteiger partial charge < -0.3 is 0 Å². The third kappa shape index (κ3) is 2.88. The molecule has 0 aromatic heterocycles. The Morgan fingerprint density at radius 2 is 2.29 bits per heavy atom. The van der Waals surface area contributed by atoms with Crippen LogP contribution >= 0.6 is 19.6 Å². The highest BCUT2D eigenvalue weighted by Gasteiger charge is 2.21. The second-order valence-electron chi connectivity index (χ2n) is 2.50. The van der Waals surface area contributed by atoms with E-state index in [1.54, 1.807) is 25.1 Å². The van der Waals surface area contributed by atoms with Gasteiger partial charge >= 0.3 is 8.03 Å². The Balaban J connectivity index is 2.93. The van der Waals surface area contributed by atoms with Crippen LogP contribution in [-0.4, -0.2) is 11.8 Å². The maximum Gasteiger partial charge on any atom is 0.548 e. The molecule has 0 N–H and O–H groups in total. The zero-order valence-corrected chi connectivity index (χ0v) is 9.22. The average Bonchev–Trinajstić information content (AvgIpc) is 2.18. The molecule has 0 aliphatic rings. The van der Waals surface area contributed by atoms with Gasteiger partial charge in [0, 0.05) is 11.6 Å². The first-order valence-electron chi connectivity index (χ1n) is 4.05. The van der Waals surface area contributed by atoms with Crippen LogP contribution in [0.2, 0.25) is 0 Å². The van der Waals surface area contributed by atoms with Crippen LogP contribution in [0.1, 0.15) is 17.3 Å². The maximum absolute atomic E-state index is 11.4. The fraction of sp³-hybridized carbons (Fsp3) is 0.222. The van der Waals surface area contributed by atoms with Gasteiger partial charge in [-0.05, 0) is 35.2 Å². The summed E-state index contributed by atoms with van der Waals surface area (Å²) >= 11 is 5.28. The highest BCUT2D eigenvalue weighted by molar-refractivity contribution is 7.48. The number of halogens is 1. The van der Waals surface area contributed by atoms with Gasteiger partial charge in [-0.15, -0.1) is 4.52 Å². The minimum atomic E-state index is -1.88. The Kier molecular flexibility index (Phi) is 4.21. The van der Waals surface area contributed by atoms with Gasteiger partial charge in [0.05, 0.1) is 0 Å². The first-order valence-corrected chi connectivity index (χ1v) is 5.60. The standard InChI is InChI=1S/C9H9ClO3P/c1-2-13-14(12)8-5-3-4-7(6-8)9(10)11/h3-6H,2H2,1H3/q+1. The monoisotopic (exact) mass is 231 g/mol. The van der Waals surface area contributed by atoms with Crippen LogP contribution in [0, 0.1) is 0 Å². The topological polar surface area (TPSA) is 43.4 Å². The molecule has 1 unspecified atom stereocenters. The van der Waals surface area contributed by atoms with Crippen LogP contribution in [0.5, 0.6) is 0 Å². The minimum absolute atomic E-state index is 0.326.